The lowest BCUT2D eigenvalue weighted by Crippen LogP contribution is -2.42. The van der Waals surface area contributed by atoms with Crippen molar-refractivity contribution in [3.63, 3.8) is 0 Å². The third kappa shape index (κ3) is 1.36. The summed E-state index contributed by atoms with van der Waals surface area (Å²) < 4.78 is 11.6. The Morgan fingerprint density at radius 2 is 2.12 bits per heavy atom. The molecule has 0 N–H and O–H groups in total. The lowest BCUT2D eigenvalue weighted by Gasteiger charge is -2.37. The first-order valence-corrected chi connectivity index (χ1v) is 6.19. The maximum Gasteiger partial charge on any atom is 0.174 e. The molecule has 4 rings (SSSR count). The molecule has 1 spiro atoms. The van der Waals surface area contributed by atoms with Gasteiger partial charge >= 0.3 is 0 Å². The minimum atomic E-state index is -0.355. The standard InChI is InChI=1S/C14H15NO2/c1-2-6-15-12(3-1)9-11-4-5-14(10-13(11)15)16-7-8-17-14/h1-4,6,9,13H,5,7-8,10H2. The van der Waals surface area contributed by atoms with Gasteiger partial charge in [-0.2, -0.15) is 0 Å². The molecule has 3 aliphatic heterocycles. The van der Waals surface area contributed by atoms with E-state index in [4.69, 9.17) is 9.47 Å². The Hall–Kier alpha value is -1.32. The Kier molecular flexibility index (Phi) is 1.90. The van der Waals surface area contributed by atoms with Crippen LogP contribution in [0.2, 0.25) is 0 Å². The molecule has 1 atom stereocenters. The maximum absolute atomic E-state index is 5.81. The SMILES string of the molecule is C1=CC2=CC3=CCC4(CC3N2C=C1)OCCO4. The van der Waals surface area contributed by atoms with Crippen molar-refractivity contribution >= 4 is 0 Å². The molecule has 1 unspecified atom stereocenters. The second-order valence-electron chi connectivity index (χ2n) is 4.91. The van der Waals surface area contributed by atoms with Crippen molar-refractivity contribution in [3.05, 3.63) is 47.9 Å². The predicted octanol–water partition coefficient (Wildman–Crippen LogP) is 2.10. The van der Waals surface area contributed by atoms with Gasteiger partial charge in [-0.25, -0.2) is 0 Å². The van der Waals surface area contributed by atoms with Gasteiger partial charge < -0.3 is 14.4 Å². The summed E-state index contributed by atoms with van der Waals surface area (Å²) in [7, 11) is 0. The highest BCUT2D eigenvalue weighted by atomic mass is 16.7. The number of rotatable bonds is 0. The molecule has 17 heavy (non-hydrogen) atoms. The Bertz CT molecular complexity index is 467. The van der Waals surface area contributed by atoms with Gasteiger partial charge in [0.15, 0.2) is 5.79 Å². The van der Waals surface area contributed by atoms with Crippen LogP contribution in [0.15, 0.2) is 47.9 Å². The van der Waals surface area contributed by atoms with E-state index in [1.807, 2.05) is 0 Å². The van der Waals surface area contributed by atoms with E-state index in [-0.39, 0.29) is 5.79 Å². The van der Waals surface area contributed by atoms with Crippen LogP contribution < -0.4 is 0 Å². The summed E-state index contributed by atoms with van der Waals surface area (Å²) in [4.78, 5) is 2.32. The summed E-state index contributed by atoms with van der Waals surface area (Å²) in [6, 6.07) is 0.387. The van der Waals surface area contributed by atoms with Gasteiger partial charge in [0.1, 0.15) is 0 Å². The van der Waals surface area contributed by atoms with E-state index >= 15 is 0 Å². The first-order valence-electron chi connectivity index (χ1n) is 6.19. The lowest BCUT2D eigenvalue weighted by atomic mass is 9.90. The van der Waals surface area contributed by atoms with Crippen molar-refractivity contribution in [1.29, 1.82) is 0 Å². The second kappa shape index (κ2) is 3.34. The van der Waals surface area contributed by atoms with Crippen LogP contribution in [0.4, 0.5) is 0 Å². The summed E-state index contributed by atoms with van der Waals surface area (Å²) in [5, 5.41) is 0. The minimum absolute atomic E-state index is 0.355. The first kappa shape index (κ1) is 9.68. The van der Waals surface area contributed by atoms with Crippen LogP contribution >= 0.6 is 0 Å². The third-order valence-corrected chi connectivity index (χ3v) is 3.92. The van der Waals surface area contributed by atoms with Gasteiger partial charge in [-0.1, -0.05) is 12.2 Å². The van der Waals surface area contributed by atoms with Gasteiger partial charge in [-0.3, -0.25) is 0 Å². The van der Waals surface area contributed by atoms with E-state index in [2.05, 4.69) is 41.5 Å². The molecule has 3 nitrogen and oxygen atoms in total. The largest absolute Gasteiger partial charge is 0.347 e. The summed E-state index contributed by atoms with van der Waals surface area (Å²) >= 11 is 0. The van der Waals surface area contributed by atoms with Gasteiger partial charge in [0.05, 0.1) is 19.3 Å². The molecule has 0 aromatic carbocycles. The van der Waals surface area contributed by atoms with Crippen molar-refractivity contribution in [2.24, 2.45) is 0 Å². The van der Waals surface area contributed by atoms with E-state index < -0.39 is 0 Å². The van der Waals surface area contributed by atoms with Gasteiger partial charge in [-0.05, 0) is 23.8 Å². The van der Waals surface area contributed by atoms with Crippen molar-refractivity contribution in [3.8, 4) is 0 Å². The zero-order valence-corrected chi connectivity index (χ0v) is 9.63. The van der Waals surface area contributed by atoms with Crippen molar-refractivity contribution < 1.29 is 9.47 Å². The maximum atomic E-state index is 5.81. The summed E-state index contributed by atoms with van der Waals surface area (Å²) in [5.41, 5.74) is 2.68. The average Bonchev–Trinajstić information content (AvgIpc) is 2.95. The molecule has 0 aromatic rings. The molecule has 0 amide bonds. The Morgan fingerprint density at radius 1 is 1.24 bits per heavy atom. The molecule has 0 bridgehead atoms. The molecule has 3 heteroatoms. The lowest BCUT2D eigenvalue weighted by molar-refractivity contribution is -0.167. The van der Waals surface area contributed by atoms with Gasteiger partial charge in [0.2, 0.25) is 0 Å². The predicted molar refractivity (Wildman–Crippen MR) is 63.9 cm³/mol. The number of ether oxygens (including phenoxy) is 2. The normalized spacial score (nSPS) is 32.5. The highest BCUT2D eigenvalue weighted by molar-refractivity contribution is 5.45. The fraction of sp³-hybridized carbons (Fsp3) is 0.429. The number of hydrogen-bond acceptors (Lipinski definition) is 3. The molecule has 4 aliphatic rings. The number of nitrogens with zero attached hydrogens (tertiary/aromatic N) is 1. The van der Waals surface area contributed by atoms with Crippen LogP contribution in [-0.4, -0.2) is 29.9 Å². The molecule has 1 aliphatic carbocycles. The molecule has 0 radical (unpaired) electrons. The highest BCUT2D eigenvalue weighted by Crippen LogP contribution is 2.42. The van der Waals surface area contributed by atoms with Gasteiger partial charge in [0.25, 0.3) is 0 Å². The fourth-order valence-corrected chi connectivity index (χ4v) is 3.10. The average molecular weight is 229 g/mol. The Labute approximate surface area is 101 Å². The summed E-state index contributed by atoms with van der Waals surface area (Å²) in [6.07, 6.45) is 14.8. The van der Waals surface area contributed by atoms with Crippen molar-refractivity contribution in [2.75, 3.05) is 13.2 Å². The fourth-order valence-electron chi connectivity index (χ4n) is 3.10. The molecule has 3 heterocycles. The van der Waals surface area contributed by atoms with Crippen LogP contribution in [-0.2, 0) is 9.47 Å². The van der Waals surface area contributed by atoms with E-state index in [1.165, 1.54) is 11.3 Å². The zero-order chi connectivity index (χ0) is 11.3. The molecule has 0 saturated carbocycles. The molecule has 88 valence electrons. The number of allylic oxidation sites excluding steroid dienone is 3. The second-order valence-corrected chi connectivity index (χ2v) is 4.91. The van der Waals surface area contributed by atoms with Crippen LogP contribution in [0.25, 0.3) is 0 Å². The smallest absolute Gasteiger partial charge is 0.174 e. The summed E-state index contributed by atoms with van der Waals surface area (Å²) in [6.45, 7) is 1.46. The van der Waals surface area contributed by atoms with Crippen LogP contribution in [0, 0.1) is 0 Å². The topological polar surface area (TPSA) is 21.7 Å². The monoisotopic (exact) mass is 229 g/mol. The van der Waals surface area contributed by atoms with Crippen molar-refractivity contribution in [2.45, 2.75) is 24.7 Å². The van der Waals surface area contributed by atoms with Crippen LogP contribution in [0.5, 0.6) is 0 Å². The Balaban J connectivity index is 1.68. The van der Waals surface area contributed by atoms with E-state index in [1.54, 1.807) is 0 Å². The zero-order valence-electron chi connectivity index (χ0n) is 9.63. The summed E-state index contributed by atoms with van der Waals surface area (Å²) in [5.74, 6) is -0.355. The van der Waals surface area contributed by atoms with Crippen LogP contribution in [0.3, 0.4) is 0 Å². The molecular weight excluding hydrogens is 214 g/mol. The van der Waals surface area contributed by atoms with Gasteiger partial charge in [0, 0.05) is 24.7 Å². The third-order valence-electron chi connectivity index (χ3n) is 3.92. The van der Waals surface area contributed by atoms with Crippen molar-refractivity contribution in [1.82, 2.24) is 4.90 Å². The molecule has 0 aromatic heterocycles. The van der Waals surface area contributed by atoms with E-state index in [0.29, 0.717) is 6.04 Å². The first-order chi connectivity index (χ1) is 8.36. The van der Waals surface area contributed by atoms with Crippen LogP contribution in [0.1, 0.15) is 12.8 Å². The van der Waals surface area contributed by atoms with E-state index in [9.17, 15) is 0 Å². The van der Waals surface area contributed by atoms with E-state index in [0.717, 1.165) is 26.1 Å². The molecule has 1 saturated heterocycles. The quantitative estimate of drug-likeness (QED) is 0.635. The Morgan fingerprint density at radius 3 is 3.00 bits per heavy atom. The number of hydrogen-bond donors (Lipinski definition) is 0. The number of fused-ring (bicyclic) bond motifs is 3. The molecule has 1 fully saturated rings. The highest BCUT2D eigenvalue weighted by Gasteiger charge is 2.45. The van der Waals surface area contributed by atoms with Gasteiger partial charge in [-0.15, -0.1) is 0 Å². The minimum Gasteiger partial charge on any atom is -0.347 e. The molecular formula is C14H15NO2.